The summed E-state index contributed by atoms with van der Waals surface area (Å²) in [7, 11) is 0. The van der Waals surface area contributed by atoms with Crippen LogP contribution in [-0.2, 0) is 0 Å². The maximum absolute atomic E-state index is 13.6. The van der Waals surface area contributed by atoms with Gasteiger partial charge in [0.15, 0.2) is 5.78 Å². The van der Waals surface area contributed by atoms with E-state index in [2.05, 4.69) is 5.32 Å². The summed E-state index contributed by atoms with van der Waals surface area (Å²) in [6, 6.07) is 8.08. The van der Waals surface area contributed by atoms with E-state index in [-0.39, 0.29) is 11.3 Å². The topological polar surface area (TPSA) is 75.6 Å². The Hall–Kier alpha value is -2.73. The van der Waals surface area contributed by atoms with Gasteiger partial charge in [0.2, 0.25) is 0 Å². The predicted molar refractivity (Wildman–Crippen MR) is 98.5 cm³/mol. The standard InChI is InChI=1S/C21H22FNO4/c1-11-5-7-14(22)10-15(11)20(26)23-18-16-9-13(12(2)24)6-8-17(16)27-21(3,4)19(18)25/h5-10,18-19,25H,1-4H3,(H,23,26)/t18-,19+/m0/s1. The first kappa shape index (κ1) is 19.0. The molecule has 1 aliphatic heterocycles. The van der Waals surface area contributed by atoms with Crippen LogP contribution in [0.4, 0.5) is 4.39 Å². The van der Waals surface area contributed by atoms with Crippen LogP contribution in [0.15, 0.2) is 36.4 Å². The first-order valence-corrected chi connectivity index (χ1v) is 8.69. The number of aryl methyl sites for hydroxylation is 1. The number of nitrogens with one attached hydrogen (secondary N) is 1. The molecular weight excluding hydrogens is 349 g/mol. The normalized spacial score (nSPS) is 20.4. The fraction of sp³-hybridized carbons (Fsp3) is 0.333. The molecule has 2 aromatic rings. The molecule has 5 nitrogen and oxygen atoms in total. The zero-order valence-corrected chi connectivity index (χ0v) is 15.7. The van der Waals surface area contributed by atoms with Crippen LogP contribution >= 0.6 is 0 Å². The molecule has 0 radical (unpaired) electrons. The summed E-state index contributed by atoms with van der Waals surface area (Å²) >= 11 is 0. The van der Waals surface area contributed by atoms with E-state index < -0.39 is 29.5 Å². The minimum absolute atomic E-state index is 0.136. The Kier molecular flexibility index (Phi) is 4.78. The number of carbonyl (C=O) groups is 2. The Labute approximate surface area is 157 Å². The van der Waals surface area contributed by atoms with Crippen molar-refractivity contribution < 1.29 is 23.8 Å². The minimum Gasteiger partial charge on any atom is -0.485 e. The Bertz CT molecular complexity index is 922. The van der Waals surface area contributed by atoms with E-state index in [0.717, 1.165) is 6.07 Å². The van der Waals surface area contributed by atoms with Crippen molar-refractivity contribution >= 4 is 11.7 Å². The van der Waals surface area contributed by atoms with Crippen LogP contribution in [-0.4, -0.2) is 28.5 Å². The Morgan fingerprint density at radius 1 is 1.19 bits per heavy atom. The number of Topliss-reactive ketones (excluding diaryl/α,β-unsaturated/α-hetero) is 1. The molecule has 2 N–H and O–H groups in total. The highest BCUT2D eigenvalue weighted by atomic mass is 19.1. The lowest BCUT2D eigenvalue weighted by molar-refractivity contribution is -0.0627. The molecule has 0 spiro atoms. The molecule has 27 heavy (non-hydrogen) atoms. The van der Waals surface area contributed by atoms with Crippen LogP contribution in [0.3, 0.4) is 0 Å². The first-order chi connectivity index (χ1) is 12.6. The lowest BCUT2D eigenvalue weighted by atomic mass is 9.85. The van der Waals surface area contributed by atoms with Gasteiger partial charge in [0, 0.05) is 16.7 Å². The second-order valence-electron chi connectivity index (χ2n) is 7.37. The summed E-state index contributed by atoms with van der Waals surface area (Å²) in [6.07, 6.45) is -1.06. The van der Waals surface area contributed by atoms with Gasteiger partial charge < -0.3 is 15.2 Å². The van der Waals surface area contributed by atoms with Crippen LogP contribution in [0.25, 0.3) is 0 Å². The molecule has 0 saturated heterocycles. The molecule has 0 aliphatic carbocycles. The number of hydrogen-bond donors (Lipinski definition) is 2. The molecule has 2 aromatic carbocycles. The average molecular weight is 371 g/mol. The number of hydrogen-bond acceptors (Lipinski definition) is 4. The third-order valence-corrected chi connectivity index (χ3v) is 4.88. The number of amides is 1. The van der Waals surface area contributed by atoms with E-state index in [4.69, 9.17) is 4.74 Å². The second-order valence-corrected chi connectivity index (χ2v) is 7.37. The molecule has 1 amide bonds. The van der Waals surface area contributed by atoms with Gasteiger partial charge in [-0.15, -0.1) is 0 Å². The number of rotatable bonds is 3. The fourth-order valence-electron chi connectivity index (χ4n) is 3.23. The smallest absolute Gasteiger partial charge is 0.252 e. The van der Waals surface area contributed by atoms with E-state index in [0.29, 0.717) is 22.4 Å². The number of benzene rings is 2. The van der Waals surface area contributed by atoms with Crippen LogP contribution in [0, 0.1) is 12.7 Å². The van der Waals surface area contributed by atoms with Crippen molar-refractivity contribution in [2.75, 3.05) is 0 Å². The van der Waals surface area contributed by atoms with Gasteiger partial charge in [0.25, 0.3) is 5.91 Å². The van der Waals surface area contributed by atoms with Crippen LogP contribution in [0.1, 0.15) is 58.7 Å². The number of ether oxygens (including phenoxy) is 1. The second kappa shape index (κ2) is 6.78. The van der Waals surface area contributed by atoms with Gasteiger partial charge in [-0.2, -0.15) is 0 Å². The molecule has 0 bridgehead atoms. The van der Waals surface area contributed by atoms with Gasteiger partial charge in [0.05, 0.1) is 6.04 Å². The van der Waals surface area contributed by atoms with Crippen LogP contribution < -0.4 is 10.1 Å². The summed E-state index contributed by atoms with van der Waals surface area (Å²) in [5.74, 6) is -0.675. The highest BCUT2D eigenvalue weighted by Crippen LogP contribution is 2.40. The summed E-state index contributed by atoms with van der Waals surface area (Å²) in [5.41, 5.74) is 0.810. The number of aliphatic hydroxyl groups is 1. The van der Waals surface area contributed by atoms with Gasteiger partial charge >= 0.3 is 0 Å². The molecule has 2 atom stereocenters. The molecule has 0 saturated carbocycles. The van der Waals surface area contributed by atoms with Gasteiger partial charge in [-0.05, 0) is 63.6 Å². The summed E-state index contributed by atoms with van der Waals surface area (Å²) in [5, 5.41) is 13.6. The van der Waals surface area contributed by atoms with E-state index >= 15 is 0 Å². The maximum atomic E-state index is 13.6. The van der Waals surface area contributed by atoms with Gasteiger partial charge in [0.1, 0.15) is 23.3 Å². The fourth-order valence-corrected chi connectivity index (χ4v) is 3.23. The SMILES string of the molecule is CC(=O)c1ccc2c(c1)[C@H](NC(=O)c1cc(F)ccc1C)[C@@H](O)C(C)(C)O2. The monoisotopic (exact) mass is 371 g/mol. The third kappa shape index (κ3) is 3.57. The van der Waals surface area contributed by atoms with E-state index in [1.165, 1.54) is 19.1 Å². The lowest BCUT2D eigenvalue weighted by Crippen LogP contribution is -2.53. The number of ketones is 1. The molecule has 1 aliphatic rings. The first-order valence-electron chi connectivity index (χ1n) is 8.69. The summed E-state index contributed by atoms with van der Waals surface area (Å²) < 4.78 is 19.4. The Morgan fingerprint density at radius 3 is 2.56 bits per heavy atom. The molecule has 0 unspecified atom stereocenters. The Morgan fingerprint density at radius 2 is 1.89 bits per heavy atom. The van der Waals surface area contributed by atoms with Crippen molar-refractivity contribution in [1.82, 2.24) is 5.32 Å². The molecule has 6 heteroatoms. The Balaban J connectivity index is 2.03. The number of aliphatic hydroxyl groups excluding tert-OH is 1. The molecule has 3 rings (SSSR count). The van der Waals surface area contributed by atoms with Crippen LogP contribution in [0.2, 0.25) is 0 Å². The quantitative estimate of drug-likeness (QED) is 0.812. The predicted octanol–water partition coefficient (Wildman–Crippen LogP) is 3.34. The third-order valence-electron chi connectivity index (χ3n) is 4.88. The number of fused-ring (bicyclic) bond motifs is 1. The van der Waals surface area contributed by atoms with E-state index in [9.17, 15) is 19.1 Å². The maximum Gasteiger partial charge on any atom is 0.252 e. The summed E-state index contributed by atoms with van der Waals surface area (Å²) in [4.78, 5) is 24.5. The highest BCUT2D eigenvalue weighted by molar-refractivity contribution is 5.96. The summed E-state index contributed by atoms with van der Waals surface area (Å²) in [6.45, 7) is 6.58. The molecule has 142 valence electrons. The van der Waals surface area contributed by atoms with Crippen molar-refractivity contribution in [3.63, 3.8) is 0 Å². The van der Waals surface area contributed by atoms with Gasteiger partial charge in [-0.3, -0.25) is 9.59 Å². The van der Waals surface area contributed by atoms with E-state index in [1.807, 2.05) is 0 Å². The largest absolute Gasteiger partial charge is 0.485 e. The molecule has 0 aromatic heterocycles. The van der Waals surface area contributed by atoms with Crippen molar-refractivity contribution in [2.45, 2.75) is 45.4 Å². The zero-order chi connectivity index (χ0) is 19.9. The zero-order valence-electron chi connectivity index (χ0n) is 15.7. The van der Waals surface area contributed by atoms with Crippen LogP contribution in [0.5, 0.6) is 5.75 Å². The van der Waals surface area contributed by atoms with Crippen molar-refractivity contribution in [1.29, 1.82) is 0 Å². The number of halogens is 1. The lowest BCUT2D eigenvalue weighted by Gasteiger charge is -2.42. The minimum atomic E-state index is -1.06. The molecule has 1 heterocycles. The molecular formula is C21H22FNO4. The molecule has 0 fully saturated rings. The van der Waals surface area contributed by atoms with Crippen molar-refractivity contribution in [2.24, 2.45) is 0 Å². The van der Waals surface area contributed by atoms with Gasteiger partial charge in [-0.25, -0.2) is 4.39 Å². The van der Waals surface area contributed by atoms with E-state index in [1.54, 1.807) is 39.0 Å². The highest BCUT2D eigenvalue weighted by Gasteiger charge is 2.43. The average Bonchev–Trinajstić information content (AvgIpc) is 2.60. The van der Waals surface area contributed by atoms with Crippen molar-refractivity contribution in [3.8, 4) is 5.75 Å². The van der Waals surface area contributed by atoms with Crippen molar-refractivity contribution in [3.05, 3.63) is 64.5 Å². The van der Waals surface area contributed by atoms with Gasteiger partial charge in [-0.1, -0.05) is 6.07 Å². The number of carbonyl (C=O) groups excluding carboxylic acids is 2.